The van der Waals surface area contributed by atoms with Gasteiger partial charge in [-0.2, -0.15) is 0 Å². The van der Waals surface area contributed by atoms with Crippen LogP contribution in [-0.2, 0) is 28.6 Å². The van der Waals surface area contributed by atoms with Gasteiger partial charge in [-0.15, -0.1) is 0 Å². The van der Waals surface area contributed by atoms with Crippen molar-refractivity contribution < 1.29 is 28.6 Å². The maximum Gasteiger partial charge on any atom is 0.309 e. The molecular weight excluding hydrogens is 925 g/mol. The molecule has 75 heavy (non-hydrogen) atoms. The van der Waals surface area contributed by atoms with E-state index in [9.17, 15) is 14.4 Å². The standard InChI is InChI=1S/C69H120O6/c1-4-7-10-13-16-19-22-25-28-30-32-33-34-35-37-38-41-44-47-50-53-56-59-62-68(71)74-65-66(64-73-67(70)61-58-55-52-49-46-43-40-27-24-21-18-15-12-9-6-3)75-69(72)63-60-57-54-51-48-45-42-39-36-31-29-26-23-20-17-14-11-8-5-2/h9,12,17-18,20-21,26-27,29,40,46,49,55,58,66H,4-8,10-11,13-16,19,22-25,28,30-39,41-45,47-48,50-54,56-57,59-65H2,1-3H3/b12-9-,20-17-,21-18-,29-26-,40-27-,49-46-,58-55-. The lowest BCUT2D eigenvalue weighted by Gasteiger charge is -2.18. The largest absolute Gasteiger partial charge is 0.462 e. The Morgan fingerprint density at radius 3 is 0.960 bits per heavy atom. The minimum Gasteiger partial charge on any atom is -0.462 e. The van der Waals surface area contributed by atoms with Gasteiger partial charge in [-0.3, -0.25) is 14.4 Å². The van der Waals surface area contributed by atoms with E-state index in [-0.39, 0.29) is 31.6 Å². The Labute approximate surface area is 465 Å². The van der Waals surface area contributed by atoms with Gasteiger partial charge in [0.15, 0.2) is 6.10 Å². The van der Waals surface area contributed by atoms with Crippen molar-refractivity contribution in [2.24, 2.45) is 0 Å². The molecule has 0 aliphatic carbocycles. The predicted octanol–water partition coefficient (Wildman–Crippen LogP) is 21.9. The molecule has 0 saturated carbocycles. The number of unbranched alkanes of at least 4 members (excludes halogenated alkanes) is 34. The highest BCUT2D eigenvalue weighted by Gasteiger charge is 2.19. The summed E-state index contributed by atoms with van der Waals surface area (Å²) >= 11 is 0. The Morgan fingerprint density at radius 2 is 0.573 bits per heavy atom. The van der Waals surface area contributed by atoms with Gasteiger partial charge in [0, 0.05) is 12.8 Å². The minimum atomic E-state index is -0.819. The van der Waals surface area contributed by atoms with E-state index >= 15 is 0 Å². The molecule has 0 rings (SSSR count). The monoisotopic (exact) mass is 1040 g/mol. The third-order valence-electron chi connectivity index (χ3n) is 13.9. The summed E-state index contributed by atoms with van der Waals surface area (Å²) in [6, 6.07) is 0. The molecule has 0 saturated heterocycles. The zero-order chi connectivity index (χ0) is 54.3. The number of esters is 3. The number of rotatable bonds is 58. The Balaban J connectivity index is 4.39. The molecule has 0 aromatic heterocycles. The molecule has 0 aromatic rings. The van der Waals surface area contributed by atoms with Crippen molar-refractivity contribution in [1.29, 1.82) is 0 Å². The minimum absolute atomic E-state index is 0.105. The zero-order valence-electron chi connectivity index (χ0n) is 49.6. The maximum absolute atomic E-state index is 12.9. The van der Waals surface area contributed by atoms with E-state index < -0.39 is 12.1 Å². The summed E-state index contributed by atoms with van der Waals surface area (Å²) in [5.41, 5.74) is 0. The maximum atomic E-state index is 12.9. The third-order valence-corrected chi connectivity index (χ3v) is 13.9. The fraction of sp³-hybridized carbons (Fsp3) is 0.754. The molecule has 1 unspecified atom stereocenters. The summed E-state index contributed by atoms with van der Waals surface area (Å²) < 4.78 is 16.8. The molecule has 0 fully saturated rings. The summed E-state index contributed by atoms with van der Waals surface area (Å²) in [6.07, 6.45) is 83.3. The lowest BCUT2D eigenvalue weighted by Crippen LogP contribution is -2.30. The summed E-state index contributed by atoms with van der Waals surface area (Å²) in [5.74, 6) is -1.03. The van der Waals surface area contributed by atoms with Gasteiger partial charge in [0.05, 0.1) is 6.42 Å². The number of allylic oxidation sites excluding steroid dienone is 13. The van der Waals surface area contributed by atoms with Gasteiger partial charge in [-0.25, -0.2) is 0 Å². The summed E-state index contributed by atoms with van der Waals surface area (Å²) in [5, 5.41) is 0. The molecule has 0 bridgehead atoms. The van der Waals surface area contributed by atoms with E-state index in [1.807, 2.05) is 6.08 Å². The van der Waals surface area contributed by atoms with E-state index in [1.54, 1.807) is 6.08 Å². The van der Waals surface area contributed by atoms with Crippen LogP contribution in [0.1, 0.15) is 316 Å². The van der Waals surface area contributed by atoms with Gasteiger partial charge in [0.2, 0.25) is 0 Å². The highest BCUT2D eigenvalue weighted by atomic mass is 16.6. The number of ether oxygens (including phenoxy) is 3. The fourth-order valence-electron chi connectivity index (χ4n) is 9.14. The highest BCUT2D eigenvalue weighted by molar-refractivity contribution is 5.72. The van der Waals surface area contributed by atoms with Crippen molar-refractivity contribution in [2.45, 2.75) is 322 Å². The van der Waals surface area contributed by atoms with Gasteiger partial charge >= 0.3 is 17.9 Å². The molecule has 6 nitrogen and oxygen atoms in total. The first-order chi connectivity index (χ1) is 37.0. The third kappa shape index (κ3) is 61.3. The lowest BCUT2D eigenvalue weighted by atomic mass is 10.0. The number of carbonyl (C=O) groups is 3. The molecule has 0 spiro atoms. The molecule has 6 heteroatoms. The number of carbonyl (C=O) groups excluding carboxylic acids is 3. The average Bonchev–Trinajstić information content (AvgIpc) is 3.41. The smallest absolute Gasteiger partial charge is 0.309 e. The molecule has 0 aliphatic heterocycles. The van der Waals surface area contributed by atoms with E-state index in [0.29, 0.717) is 12.8 Å². The first-order valence-electron chi connectivity index (χ1n) is 32.1. The molecule has 0 amide bonds. The van der Waals surface area contributed by atoms with Crippen molar-refractivity contribution in [3.8, 4) is 0 Å². The molecule has 0 N–H and O–H groups in total. The van der Waals surface area contributed by atoms with Crippen molar-refractivity contribution in [3.05, 3.63) is 85.1 Å². The van der Waals surface area contributed by atoms with E-state index in [1.165, 1.54) is 199 Å². The molecular formula is C69H120O6. The molecule has 0 aromatic carbocycles. The Bertz CT molecular complexity index is 1430. The Hall–Kier alpha value is -3.41. The van der Waals surface area contributed by atoms with Crippen LogP contribution in [0.4, 0.5) is 0 Å². The Kier molecular flexibility index (Phi) is 60.3. The van der Waals surface area contributed by atoms with Gasteiger partial charge in [0.25, 0.3) is 0 Å². The molecule has 0 aliphatic rings. The van der Waals surface area contributed by atoms with E-state index in [2.05, 4.69) is 93.7 Å². The quantitative estimate of drug-likeness (QED) is 0.0261. The number of hydrogen-bond acceptors (Lipinski definition) is 6. The van der Waals surface area contributed by atoms with Crippen LogP contribution in [0.5, 0.6) is 0 Å². The zero-order valence-corrected chi connectivity index (χ0v) is 49.6. The molecule has 0 heterocycles. The van der Waals surface area contributed by atoms with Crippen molar-refractivity contribution in [1.82, 2.24) is 0 Å². The fourth-order valence-corrected chi connectivity index (χ4v) is 9.14. The van der Waals surface area contributed by atoms with Gasteiger partial charge in [0.1, 0.15) is 13.2 Å². The summed E-state index contributed by atoms with van der Waals surface area (Å²) in [7, 11) is 0. The van der Waals surface area contributed by atoms with E-state index in [4.69, 9.17) is 14.2 Å². The SMILES string of the molecule is CC/C=C\C/C=C\C/C=C\C/C=C\C/C=C\CC(=O)OCC(COC(=O)CCCCCCCCCCCCCCCCCCCCCCCCC)OC(=O)CCCCCCCCCCC/C=C\C/C=C\CCCCC. The van der Waals surface area contributed by atoms with Gasteiger partial charge in [-0.1, -0.05) is 305 Å². The van der Waals surface area contributed by atoms with Crippen molar-refractivity contribution in [3.63, 3.8) is 0 Å². The van der Waals surface area contributed by atoms with Gasteiger partial charge in [-0.05, 0) is 77.0 Å². The first-order valence-corrected chi connectivity index (χ1v) is 32.1. The van der Waals surface area contributed by atoms with Crippen LogP contribution in [0.25, 0.3) is 0 Å². The van der Waals surface area contributed by atoms with E-state index in [0.717, 1.165) is 77.0 Å². The second kappa shape index (κ2) is 63.1. The van der Waals surface area contributed by atoms with Crippen LogP contribution in [0.2, 0.25) is 0 Å². The second-order valence-corrected chi connectivity index (χ2v) is 21.3. The van der Waals surface area contributed by atoms with Crippen LogP contribution >= 0.6 is 0 Å². The average molecular weight is 1050 g/mol. The topological polar surface area (TPSA) is 78.9 Å². The van der Waals surface area contributed by atoms with Crippen LogP contribution in [0, 0.1) is 0 Å². The lowest BCUT2D eigenvalue weighted by molar-refractivity contribution is -0.166. The predicted molar refractivity (Wildman–Crippen MR) is 325 cm³/mol. The first kappa shape index (κ1) is 71.6. The van der Waals surface area contributed by atoms with Crippen LogP contribution in [0.3, 0.4) is 0 Å². The molecule has 432 valence electrons. The van der Waals surface area contributed by atoms with Crippen LogP contribution in [0.15, 0.2) is 85.1 Å². The summed E-state index contributed by atoms with van der Waals surface area (Å²) in [4.78, 5) is 38.2. The van der Waals surface area contributed by atoms with Gasteiger partial charge < -0.3 is 14.2 Å². The van der Waals surface area contributed by atoms with Crippen LogP contribution < -0.4 is 0 Å². The van der Waals surface area contributed by atoms with Crippen molar-refractivity contribution in [2.75, 3.05) is 13.2 Å². The number of hydrogen-bond donors (Lipinski definition) is 0. The van der Waals surface area contributed by atoms with Crippen LogP contribution in [-0.4, -0.2) is 37.2 Å². The molecule has 0 radical (unpaired) electrons. The normalized spacial score (nSPS) is 12.6. The molecule has 1 atom stereocenters. The summed E-state index contributed by atoms with van der Waals surface area (Å²) in [6.45, 7) is 6.45. The second-order valence-electron chi connectivity index (χ2n) is 21.3. The Morgan fingerprint density at radius 1 is 0.293 bits per heavy atom. The van der Waals surface area contributed by atoms with Crippen molar-refractivity contribution >= 4 is 17.9 Å². The highest BCUT2D eigenvalue weighted by Crippen LogP contribution is 2.17.